The summed E-state index contributed by atoms with van der Waals surface area (Å²) in [6.07, 6.45) is 0. The van der Waals surface area contributed by atoms with Crippen molar-refractivity contribution in [3.05, 3.63) is 67.7 Å². The molecule has 1 unspecified atom stereocenters. The fraction of sp³-hybridized carbons (Fsp3) is 0.368. The molecule has 0 fully saturated rings. The third-order valence-electron chi connectivity index (χ3n) is 4.30. The average Bonchev–Trinajstić information content (AvgIpc) is 3.02. The molecule has 3 rings (SSSR count). The Labute approximate surface area is 145 Å². The first-order valence-corrected chi connectivity index (χ1v) is 9.00. The minimum absolute atomic E-state index is 0.191. The monoisotopic (exact) mass is 342 g/mol. The van der Waals surface area contributed by atoms with E-state index in [1.165, 1.54) is 10.1 Å². The van der Waals surface area contributed by atoms with E-state index in [1.807, 2.05) is 24.3 Å². The summed E-state index contributed by atoms with van der Waals surface area (Å²) in [6.45, 7) is 6.90. The zero-order valence-electron chi connectivity index (χ0n) is 14.4. The highest BCUT2D eigenvalue weighted by Gasteiger charge is 2.18. The van der Waals surface area contributed by atoms with Crippen LogP contribution in [-0.4, -0.2) is 9.13 Å². The van der Waals surface area contributed by atoms with E-state index in [2.05, 4.69) is 32.9 Å². The van der Waals surface area contributed by atoms with Crippen LogP contribution in [0.1, 0.15) is 37.1 Å². The summed E-state index contributed by atoms with van der Waals surface area (Å²) in [6, 6.07) is 12.2. The Balaban J connectivity index is 2.22. The van der Waals surface area contributed by atoms with E-state index in [4.69, 9.17) is 0 Å². The standard InChI is InChI=1S/C19H22N2O2S/c1-12(2)11-21-18-15(17(22)20(4)19(21)23)10-16(24-18)13(3)14-8-6-5-7-9-14/h5-10,12-13H,11H2,1-4H3. The van der Waals surface area contributed by atoms with Gasteiger partial charge in [-0.05, 0) is 17.5 Å². The summed E-state index contributed by atoms with van der Waals surface area (Å²) in [5.41, 5.74) is 0.762. The van der Waals surface area contributed by atoms with E-state index in [1.54, 1.807) is 23.0 Å². The van der Waals surface area contributed by atoms with E-state index in [0.29, 0.717) is 17.8 Å². The molecule has 2 aromatic heterocycles. The number of benzene rings is 1. The van der Waals surface area contributed by atoms with E-state index in [-0.39, 0.29) is 17.2 Å². The van der Waals surface area contributed by atoms with Gasteiger partial charge in [-0.2, -0.15) is 0 Å². The lowest BCUT2D eigenvalue weighted by Gasteiger charge is -2.11. The Bertz CT molecular complexity index is 980. The van der Waals surface area contributed by atoms with Gasteiger partial charge in [-0.3, -0.25) is 13.9 Å². The lowest BCUT2D eigenvalue weighted by atomic mass is 9.99. The lowest BCUT2D eigenvalue weighted by molar-refractivity contribution is 0.504. The molecule has 0 saturated carbocycles. The van der Waals surface area contributed by atoms with Gasteiger partial charge in [0.2, 0.25) is 0 Å². The number of thiophene rings is 1. The smallest absolute Gasteiger partial charge is 0.284 e. The number of aromatic nitrogens is 2. The predicted octanol–water partition coefficient (Wildman–Crippen LogP) is 3.57. The highest BCUT2D eigenvalue weighted by Crippen LogP contribution is 2.32. The third kappa shape index (κ3) is 2.84. The molecule has 5 heteroatoms. The topological polar surface area (TPSA) is 44.0 Å². The van der Waals surface area contributed by atoms with Crippen LogP contribution < -0.4 is 11.2 Å². The first-order chi connectivity index (χ1) is 11.4. The molecule has 0 N–H and O–H groups in total. The van der Waals surface area contributed by atoms with Crippen molar-refractivity contribution in [3.63, 3.8) is 0 Å². The van der Waals surface area contributed by atoms with Crippen LogP contribution in [-0.2, 0) is 13.6 Å². The molecular weight excluding hydrogens is 320 g/mol. The summed E-state index contributed by atoms with van der Waals surface area (Å²) in [4.78, 5) is 26.9. The van der Waals surface area contributed by atoms with Crippen molar-refractivity contribution < 1.29 is 0 Å². The molecule has 0 aliphatic rings. The largest absolute Gasteiger partial charge is 0.331 e. The van der Waals surface area contributed by atoms with Gasteiger partial charge in [0, 0.05) is 24.4 Å². The molecule has 1 aromatic carbocycles. The predicted molar refractivity (Wildman–Crippen MR) is 100 cm³/mol. The summed E-state index contributed by atoms with van der Waals surface area (Å²) in [5, 5.41) is 0.639. The normalized spacial score (nSPS) is 12.9. The van der Waals surface area contributed by atoms with Crippen molar-refractivity contribution in [2.75, 3.05) is 0 Å². The average molecular weight is 342 g/mol. The maximum absolute atomic E-state index is 12.5. The molecule has 3 aromatic rings. The molecular formula is C19H22N2O2S. The molecule has 0 bridgehead atoms. The van der Waals surface area contributed by atoms with Crippen LogP contribution in [0.15, 0.2) is 46.0 Å². The van der Waals surface area contributed by atoms with Gasteiger partial charge in [0.05, 0.1) is 5.39 Å². The Hall–Kier alpha value is -2.14. The van der Waals surface area contributed by atoms with Crippen LogP contribution >= 0.6 is 11.3 Å². The van der Waals surface area contributed by atoms with Gasteiger partial charge in [0.15, 0.2) is 0 Å². The quantitative estimate of drug-likeness (QED) is 0.727. The second kappa shape index (κ2) is 6.40. The first-order valence-electron chi connectivity index (χ1n) is 8.18. The van der Waals surface area contributed by atoms with E-state index in [0.717, 1.165) is 9.71 Å². The molecule has 0 aliphatic carbocycles. The maximum Gasteiger partial charge on any atom is 0.331 e. The van der Waals surface area contributed by atoms with Crippen molar-refractivity contribution in [2.24, 2.45) is 13.0 Å². The summed E-state index contributed by atoms with van der Waals surface area (Å²) in [5.74, 6) is 0.524. The Morgan fingerprint density at radius 1 is 1.08 bits per heavy atom. The second-order valence-electron chi connectivity index (χ2n) is 6.65. The molecule has 126 valence electrons. The molecule has 0 spiro atoms. The van der Waals surface area contributed by atoms with Crippen LogP contribution in [0.2, 0.25) is 0 Å². The van der Waals surface area contributed by atoms with Crippen molar-refractivity contribution >= 4 is 21.6 Å². The van der Waals surface area contributed by atoms with Gasteiger partial charge in [-0.1, -0.05) is 51.1 Å². The van der Waals surface area contributed by atoms with Gasteiger partial charge in [-0.25, -0.2) is 4.79 Å². The maximum atomic E-state index is 12.5. The molecule has 0 radical (unpaired) electrons. The van der Waals surface area contributed by atoms with Crippen molar-refractivity contribution in [2.45, 2.75) is 33.2 Å². The van der Waals surface area contributed by atoms with Crippen LogP contribution in [0.4, 0.5) is 0 Å². The number of nitrogens with zero attached hydrogens (tertiary/aromatic N) is 2. The fourth-order valence-corrected chi connectivity index (χ4v) is 4.17. The second-order valence-corrected chi connectivity index (χ2v) is 7.71. The van der Waals surface area contributed by atoms with Gasteiger partial charge < -0.3 is 0 Å². The summed E-state index contributed by atoms with van der Waals surface area (Å²) >= 11 is 1.56. The molecule has 4 nitrogen and oxygen atoms in total. The van der Waals surface area contributed by atoms with E-state index >= 15 is 0 Å². The zero-order chi connectivity index (χ0) is 17.4. The van der Waals surface area contributed by atoms with Gasteiger partial charge in [0.25, 0.3) is 5.56 Å². The number of hydrogen-bond donors (Lipinski definition) is 0. The Morgan fingerprint density at radius 2 is 1.75 bits per heavy atom. The Kier molecular flexibility index (Phi) is 4.45. The van der Waals surface area contributed by atoms with E-state index in [9.17, 15) is 9.59 Å². The molecule has 0 aliphatic heterocycles. The van der Waals surface area contributed by atoms with Crippen molar-refractivity contribution in [1.82, 2.24) is 9.13 Å². The summed E-state index contributed by atoms with van der Waals surface area (Å²) in [7, 11) is 1.55. The molecule has 2 heterocycles. The van der Waals surface area contributed by atoms with E-state index < -0.39 is 0 Å². The lowest BCUT2D eigenvalue weighted by Crippen LogP contribution is -2.38. The number of rotatable bonds is 4. The molecule has 0 saturated heterocycles. The minimum atomic E-state index is -0.234. The van der Waals surface area contributed by atoms with Crippen LogP contribution in [0.3, 0.4) is 0 Å². The van der Waals surface area contributed by atoms with Gasteiger partial charge in [0.1, 0.15) is 4.83 Å². The van der Waals surface area contributed by atoms with Crippen molar-refractivity contribution in [3.8, 4) is 0 Å². The zero-order valence-corrected chi connectivity index (χ0v) is 15.3. The molecule has 0 amide bonds. The fourth-order valence-electron chi connectivity index (χ4n) is 2.93. The highest BCUT2D eigenvalue weighted by molar-refractivity contribution is 7.18. The van der Waals surface area contributed by atoms with Crippen LogP contribution in [0.5, 0.6) is 0 Å². The third-order valence-corrected chi connectivity index (χ3v) is 5.64. The Morgan fingerprint density at radius 3 is 2.38 bits per heavy atom. The summed E-state index contributed by atoms with van der Waals surface area (Å²) < 4.78 is 2.96. The van der Waals surface area contributed by atoms with Crippen molar-refractivity contribution in [1.29, 1.82) is 0 Å². The SMILES string of the molecule is CC(C)Cn1c(=O)n(C)c(=O)c2cc(C(C)c3ccccc3)sc21. The number of hydrogen-bond acceptors (Lipinski definition) is 3. The highest BCUT2D eigenvalue weighted by atomic mass is 32.1. The molecule has 24 heavy (non-hydrogen) atoms. The molecule has 1 atom stereocenters. The number of fused-ring (bicyclic) bond motifs is 1. The van der Waals surface area contributed by atoms with Crippen LogP contribution in [0.25, 0.3) is 10.2 Å². The van der Waals surface area contributed by atoms with Crippen LogP contribution in [0, 0.1) is 5.92 Å². The first kappa shape index (κ1) is 16.7. The van der Waals surface area contributed by atoms with Gasteiger partial charge in [-0.15, -0.1) is 11.3 Å². The van der Waals surface area contributed by atoms with Gasteiger partial charge >= 0.3 is 5.69 Å². The minimum Gasteiger partial charge on any atom is -0.284 e.